The van der Waals surface area contributed by atoms with Crippen molar-refractivity contribution >= 4 is 23.5 Å². The monoisotopic (exact) mass is 566 g/mol. The molecule has 216 valence electrons. The first kappa shape index (κ1) is 32.0. The van der Waals surface area contributed by atoms with E-state index in [1.165, 1.54) is 141 Å². The van der Waals surface area contributed by atoms with Crippen molar-refractivity contribution in [2.45, 2.75) is 133 Å². The highest BCUT2D eigenvalue weighted by Gasteiger charge is 2.20. The molecule has 39 heavy (non-hydrogen) atoms. The fraction of sp³-hybridized carbons (Fsp3) is 0.600. The summed E-state index contributed by atoms with van der Waals surface area (Å²) in [5.74, 6) is 2.61. The van der Waals surface area contributed by atoms with Gasteiger partial charge in [-0.25, -0.2) is 0 Å². The van der Waals surface area contributed by atoms with Gasteiger partial charge in [0, 0.05) is 11.4 Å². The van der Waals surface area contributed by atoms with Gasteiger partial charge in [0.15, 0.2) is 0 Å². The largest absolute Gasteiger partial charge is 0.353 e. The number of thioether (sulfide) groups is 2. The van der Waals surface area contributed by atoms with E-state index in [1.807, 2.05) is 23.5 Å². The minimum Gasteiger partial charge on any atom is -0.353 e. The lowest BCUT2D eigenvalue weighted by Gasteiger charge is -2.15. The fourth-order valence-corrected chi connectivity index (χ4v) is 7.14. The van der Waals surface area contributed by atoms with Crippen LogP contribution in [0.4, 0.5) is 0 Å². The Morgan fingerprint density at radius 2 is 0.897 bits per heavy atom. The summed E-state index contributed by atoms with van der Waals surface area (Å²) in [5.41, 5.74) is 3.89. The first-order valence-corrected chi connectivity index (χ1v) is 18.0. The van der Waals surface area contributed by atoms with Crippen LogP contribution in [-0.2, 0) is 0 Å². The topological polar surface area (TPSA) is 31.6 Å². The minimum absolute atomic E-state index is 0.209. The van der Waals surface area contributed by atoms with E-state index in [9.17, 15) is 0 Å². The molecule has 0 atom stereocenters. The maximum atomic E-state index is 3.77. The Morgan fingerprint density at radius 3 is 1.33 bits per heavy atom. The molecule has 0 amide bonds. The van der Waals surface area contributed by atoms with Gasteiger partial charge in [0.1, 0.15) is 0 Å². The van der Waals surface area contributed by atoms with Crippen molar-refractivity contribution in [2.24, 2.45) is 0 Å². The van der Waals surface area contributed by atoms with Gasteiger partial charge in [-0.1, -0.05) is 134 Å². The molecule has 0 aliphatic carbocycles. The van der Waals surface area contributed by atoms with Crippen LogP contribution in [0.2, 0.25) is 0 Å². The van der Waals surface area contributed by atoms with Crippen molar-refractivity contribution in [3.63, 3.8) is 0 Å². The molecule has 0 saturated heterocycles. The van der Waals surface area contributed by atoms with Gasteiger partial charge in [0.2, 0.25) is 0 Å². The van der Waals surface area contributed by atoms with Crippen LogP contribution < -0.4 is 0 Å². The third kappa shape index (κ3) is 12.7. The average Bonchev–Trinajstić information content (AvgIpc) is 3.62. The van der Waals surface area contributed by atoms with Crippen molar-refractivity contribution in [3.8, 4) is 0 Å². The Kier molecular flexibility index (Phi) is 16.7. The zero-order valence-corrected chi connectivity index (χ0v) is 26.5. The molecule has 0 saturated carbocycles. The van der Waals surface area contributed by atoms with Crippen molar-refractivity contribution in [3.05, 3.63) is 71.5 Å². The molecule has 4 heteroatoms. The zero-order valence-electron chi connectivity index (χ0n) is 24.8. The van der Waals surface area contributed by atoms with Gasteiger partial charge in [-0.15, -0.1) is 23.5 Å². The molecule has 0 bridgehead atoms. The predicted octanol–water partition coefficient (Wildman–Crippen LogP) is 12.0. The molecular formula is C35H54N2S2. The maximum absolute atomic E-state index is 3.77. The standard InChI is InChI=1S/C35H54N2S2/c1-3-5-7-9-11-13-15-20-28-38-33-26-24-31(36-33)35(30-22-18-17-19-23-30)32-25-27-34(37-32)39-29-21-16-14-12-10-8-6-4-2/h17-19,22-27,35-37H,3-16,20-21,28-29H2,1-2H3. The maximum Gasteiger partial charge on any atom is 0.0724 e. The molecule has 0 fully saturated rings. The van der Waals surface area contributed by atoms with Crippen molar-refractivity contribution in [1.82, 2.24) is 9.97 Å². The van der Waals surface area contributed by atoms with E-state index in [-0.39, 0.29) is 5.92 Å². The molecule has 2 nitrogen and oxygen atoms in total. The molecule has 0 unspecified atom stereocenters. The highest BCUT2D eigenvalue weighted by Crippen LogP contribution is 2.34. The van der Waals surface area contributed by atoms with Crippen LogP contribution in [0.25, 0.3) is 0 Å². The summed E-state index contributed by atoms with van der Waals surface area (Å²) < 4.78 is 0. The second-order valence-electron chi connectivity index (χ2n) is 11.0. The number of aromatic nitrogens is 2. The summed E-state index contributed by atoms with van der Waals surface area (Å²) in [4.78, 5) is 7.53. The van der Waals surface area contributed by atoms with Crippen LogP contribution in [0, 0.1) is 0 Å². The van der Waals surface area contributed by atoms with Crippen LogP contribution in [0.1, 0.15) is 139 Å². The molecule has 1 aromatic carbocycles. The first-order chi connectivity index (χ1) is 19.3. The second kappa shape index (κ2) is 20.4. The van der Waals surface area contributed by atoms with Crippen molar-refractivity contribution in [2.75, 3.05) is 11.5 Å². The van der Waals surface area contributed by atoms with E-state index in [1.54, 1.807) is 0 Å². The van der Waals surface area contributed by atoms with Crippen LogP contribution in [0.15, 0.2) is 64.6 Å². The predicted molar refractivity (Wildman–Crippen MR) is 176 cm³/mol. The highest BCUT2D eigenvalue weighted by atomic mass is 32.2. The van der Waals surface area contributed by atoms with Crippen LogP contribution in [0.3, 0.4) is 0 Å². The summed E-state index contributed by atoms with van der Waals surface area (Å²) in [7, 11) is 0. The van der Waals surface area contributed by atoms with E-state index in [2.05, 4.69) is 78.4 Å². The van der Waals surface area contributed by atoms with E-state index < -0.39 is 0 Å². The van der Waals surface area contributed by atoms with E-state index in [4.69, 9.17) is 0 Å². The summed E-state index contributed by atoms with van der Waals surface area (Å²) in [6, 6.07) is 20.1. The van der Waals surface area contributed by atoms with Gasteiger partial charge in [-0.05, 0) is 54.2 Å². The number of benzene rings is 1. The molecule has 2 aromatic heterocycles. The number of rotatable bonds is 23. The number of hydrogen-bond acceptors (Lipinski definition) is 2. The number of H-pyrrole nitrogens is 2. The fourth-order valence-electron chi connectivity index (χ4n) is 5.30. The summed E-state index contributed by atoms with van der Waals surface area (Å²) in [5, 5.41) is 2.59. The lowest BCUT2D eigenvalue weighted by Crippen LogP contribution is -2.04. The average molecular weight is 567 g/mol. The van der Waals surface area contributed by atoms with Gasteiger partial charge in [-0.2, -0.15) is 0 Å². The van der Waals surface area contributed by atoms with Crippen LogP contribution in [-0.4, -0.2) is 21.5 Å². The lowest BCUT2D eigenvalue weighted by molar-refractivity contribution is 0.586. The molecule has 0 aliphatic heterocycles. The highest BCUT2D eigenvalue weighted by molar-refractivity contribution is 7.99. The van der Waals surface area contributed by atoms with Crippen molar-refractivity contribution < 1.29 is 0 Å². The van der Waals surface area contributed by atoms with Gasteiger partial charge < -0.3 is 9.97 Å². The van der Waals surface area contributed by atoms with Crippen molar-refractivity contribution in [1.29, 1.82) is 0 Å². The van der Waals surface area contributed by atoms with E-state index in [0.717, 1.165) is 0 Å². The molecule has 0 aliphatic rings. The van der Waals surface area contributed by atoms with Gasteiger partial charge >= 0.3 is 0 Å². The number of hydrogen-bond donors (Lipinski definition) is 2. The Hall–Kier alpha value is -1.52. The molecular weight excluding hydrogens is 513 g/mol. The smallest absolute Gasteiger partial charge is 0.0724 e. The molecule has 3 rings (SSSR count). The van der Waals surface area contributed by atoms with Crippen LogP contribution in [0.5, 0.6) is 0 Å². The molecule has 0 spiro atoms. The van der Waals surface area contributed by atoms with Gasteiger partial charge in [-0.3, -0.25) is 0 Å². The van der Waals surface area contributed by atoms with Crippen LogP contribution >= 0.6 is 23.5 Å². The normalized spacial score (nSPS) is 11.6. The number of aromatic amines is 2. The Balaban J connectivity index is 1.46. The number of unbranched alkanes of at least 4 members (excludes halogenated alkanes) is 14. The van der Waals surface area contributed by atoms with Gasteiger partial charge in [0.05, 0.1) is 16.0 Å². The summed E-state index contributed by atoms with van der Waals surface area (Å²) >= 11 is 3.96. The molecule has 0 radical (unpaired) electrons. The molecule has 2 heterocycles. The Labute approximate surface area is 248 Å². The lowest BCUT2D eigenvalue weighted by atomic mass is 9.93. The quantitative estimate of drug-likeness (QED) is 0.0883. The molecule has 2 N–H and O–H groups in total. The SMILES string of the molecule is CCCCCCCCCCSc1ccc(C(c2ccccc2)c2ccc(SCCCCCCCCCC)[nH]2)[nH]1. The summed E-state index contributed by atoms with van der Waals surface area (Å²) in [6.07, 6.45) is 22.1. The minimum atomic E-state index is 0.209. The van der Waals surface area contributed by atoms with Gasteiger partial charge in [0.25, 0.3) is 0 Å². The third-order valence-corrected chi connectivity index (χ3v) is 9.71. The second-order valence-corrected chi connectivity index (χ2v) is 13.3. The first-order valence-electron chi connectivity index (χ1n) is 16.0. The zero-order chi connectivity index (χ0) is 27.4. The third-order valence-electron chi connectivity index (χ3n) is 7.63. The van der Waals surface area contributed by atoms with E-state index in [0.29, 0.717) is 0 Å². The van der Waals surface area contributed by atoms with E-state index >= 15 is 0 Å². The number of nitrogens with one attached hydrogen (secondary N) is 2. The Morgan fingerprint density at radius 1 is 0.487 bits per heavy atom. The molecule has 3 aromatic rings. The Bertz CT molecular complexity index is 917. The summed E-state index contributed by atoms with van der Waals surface area (Å²) in [6.45, 7) is 4.58.